The highest BCUT2D eigenvalue weighted by atomic mass is 35.5. The van der Waals surface area contributed by atoms with Crippen molar-refractivity contribution in [2.45, 2.75) is 31.6 Å². The van der Waals surface area contributed by atoms with E-state index in [1.54, 1.807) is 12.1 Å². The van der Waals surface area contributed by atoms with Gasteiger partial charge in [0.2, 0.25) is 0 Å². The zero-order valence-corrected chi connectivity index (χ0v) is 12.9. The van der Waals surface area contributed by atoms with Gasteiger partial charge in [-0.3, -0.25) is 0 Å². The SMILES string of the molecule is CCCCc1ccc(C(Cl)c2ccc(F)c(Cl)c2)cc1. The number of benzene rings is 2. The van der Waals surface area contributed by atoms with Crippen LogP contribution in [0.25, 0.3) is 0 Å². The molecule has 0 amide bonds. The Morgan fingerprint density at radius 3 is 2.30 bits per heavy atom. The maximum absolute atomic E-state index is 13.2. The minimum absolute atomic E-state index is 0.104. The van der Waals surface area contributed by atoms with E-state index in [1.165, 1.54) is 24.5 Å². The summed E-state index contributed by atoms with van der Waals surface area (Å²) in [5, 5.41) is -0.207. The molecular weight excluding hydrogens is 294 g/mol. The Kier molecular flexibility index (Phi) is 5.45. The minimum atomic E-state index is -0.422. The number of alkyl halides is 1. The van der Waals surface area contributed by atoms with Gasteiger partial charge < -0.3 is 0 Å². The fourth-order valence-corrected chi connectivity index (χ4v) is 2.57. The molecular formula is C17H17Cl2F. The van der Waals surface area contributed by atoms with Gasteiger partial charge in [0, 0.05) is 0 Å². The van der Waals surface area contributed by atoms with Crippen molar-refractivity contribution in [3.63, 3.8) is 0 Å². The van der Waals surface area contributed by atoms with E-state index < -0.39 is 5.82 Å². The first-order valence-electron chi connectivity index (χ1n) is 6.79. The van der Waals surface area contributed by atoms with Gasteiger partial charge in [0.25, 0.3) is 0 Å². The van der Waals surface area contributed by atoms with Crippen LogP contribution in [-0.4, -0.2) is 0 Å². The van der Waals surface area contributed by atoms with E-state index in [4.69, 9.17) is 23.2 Å². The molecule has 1 unspecified atom stereocenters. The molecule has 106 valence electrons. The van der Waals surface area contributed by atoms with E-state index in [-0.39, 0.29) is 10.4 Å². The monoisotopic (exact) mass is 310 g/mol. The zero-order chi connectivity index (χ0) is 14.5. The van der Waals surface area contributed by atoms with E-state index in [0.29, 0.717) is 0 Å². The quantitative estimate of drug-likeness (QED) is 0.581. The van der Waals surface area contributed by atoms with Crippen molar-refractivity contribution in [3.8, 4) is 0 Å². The molecule has 0 heterocycles. The lowest BCUT2D eigenvalue weighted by Gasteiger charge is -2.12. The Hall–Kier alpha value is -1.05. The Balaban J connectivity index is 2.15. The largest absolute Gasteiger partial charge is 0.205 e. The van der Waals surface area contributed by atoms with Crippen LogP contribution in [0.4, 0.5) is 4.39 Å². The average molecular weight is 311 g/mol. The summed E-state index contributed by atoms with van der Waals surface area (Å²) in [6.45, 7) is 2.18. The van der Waals surface area contributed by atoms with E-state index in [1.807, 2.05) is 12.1 Å². The summed E-state index contributed by atoms with van der Waals surface area (Å²) < 4.78 is 13.2. The molecule has 0 N–H and O–H groups in total. The third-order valence-corrected chi connectivity index (χ3v) is 4.12. The Morgan fingerprint density at radius 2 is 1.70 bits per heavy atom. The predicted molar refractivity (Wildman–Crippen MR) is 84.2 cm³/mol. The normalized spacial score (nSPS) is 12.4. The number of unbranched alkanes of at least 4 members (excludes halogenated alkanes) is 1. The number of hydrogen-bond donors (Lipinski definition) is 0. The molecule has 0 spiro atoms. The number of rotatable bonds is 5. The molecule has 0 saturated heterocycles. The lowest BCUT2D eigenvalue weighted by atomic mass is 10.0. The third-order valence-electron chi connectivity index (χ3n) is 3.33. The number of aryl methyl sites for hydroxylation is 1. The van der Waals surface area contributed by atoms with Gasteiger partial charge in [0.15, 0.2) is 0 Å². The highest BCUT2D eigenvalue weighted by molar-refractivity contribution is 6.31. The zero-order valence-electron chi connectivity index (χ0n) is 11.4. The maximum atomic E-state index is 13.2. The van der Waals surface area contributed by atoms with Crippen LogP contribution in [0.2, 0.25) is 5.02 Å². The van der Waals surface area contributed by atoms with Crippen LogP contribution in [0.1, 0.15) is 41.8 Å². The molecule has 0 radical (unpaired) electrons. The highest BCUT2D eigenvalue weighted by Gasteiger charge is 2.12. The number of halogens is 3. The van der Waals surface area contributed by atoms with Crippen molar-refractivity contribution >= 4 is 23.2 Å². The lowest BCUT2D eigenvalue weighted by molar-refractivity contribution is 0.627. The van der Waals surface area contributed by atoms with Gasteiger partial charge in [0.1, 0.15) is 5.82 Å². The summed E-state index contributed by atoms with van der Waals surface area (Å²) in [5.41, 5.74) is 3.12. The van der Waals surface area contributed by atoms with Crippen LogP contribution >= 0.6 is 23.2 Å². The standard InChI is InChI=1S/C17H17Cl2F/c1-2-3-4-12-5-7-13(8-6-12)17(19)14-9-10-16(20)15(18)11-14/h5-11,17H,2-4H2,1H3. The maximum Gasteiger partial charge on any atom is 0.141 e. The van der Waals surface area contributed by atoms with Gasteiger partial charge >= 0.3 is 0 Å². The molecule has 0 aliphatic heterocycles. The van der Waals surface area contributed by atoms with Gasteiger partial charge in [-0.1, -0.05) is 55.3 Å². The summed E-state index contributed by atoms with van der Waals surface area (Å²) >= 11 is 12.2. The van der Waals surface area contributed by atoms with Crippen molar-refractivity contribution in [2.24, 2.45) is 0 Å². The molecule has 2 rings (SSSR count). The molecule has 3 heteroatoms. The predicted octanol–water partition coefficient (Wildman–Crippen LogP) is 6.15. The molecule has 20 heavy (non-hydrogen) atoms. The third kappa shape index (κ3) is 3.74. The highest BCUT2D eigenvalue weighted by Crippen LogP contribution is 2.31. The van der Waals surface area contributed by atoms with Crippen molar-refractivity contribution in [2.75, 3.05) is 0 Å². The second-order valence-corrected chi connectivity index (χ2v) is 5.72. The van der Waals surface area contributed by atoms with Crippen LogP contribution in [0.5, 0.6) is 0 Å². The van der Waals surface area contributed by atoms with Crippen molar-refractivity contribution in [3.05, 3.63) is 70.0 Å². The first kappa shape index (κ1) is 15.3. The van der Waals surface area contributed by atoms with Crippen molar-refractivity contribution < 1.29 is 4.39 Å². The van der Waals surface area contributed by atoms with Crippen LogP contribution in [0, 0.1) is 5.82 Å². The van der Waals surface area contributed by atoms with Crippen LogP contribution < -0.4 is 0 Å². The molecule has 0 fully saturated rings. The molecule has 2 aromatic rings. The van der Waals surface area contributed by atoms with E-state index in [2.05, 4.69) is 19.1 Å². The Morgan fingerprint density at radius 1 is 1.05 bits per heavy atom. The van der Waals surface area contributed by atoms with Crippen LogP contribution in [0.3, 0.4) is 0 Å². The average Bonchev–Trinajstić information content (AvgIpc) is 2.48. The smallest absolute Gasteiger partial charge is 0.141 e. The fraction of sp³-hybridized carbons (Fsp3) is 0.294. The fourth-order valence-electron chi connectivity index (χ4n) is 2.10. The lowest BCUT2D eigenvalue weighted by Crippen LogP contribution is -1.95. The van der Waals surface area contributed by atoms with Gasteiger partial charge in [-0.05, 0) is 41.7 Å². The van der Waals surface area contributed by atoms with E-state index in [9.17, 15) is 4.39 Å². The Bertz CT molecular complexity index is 564. The van der Waals surface area contributed by atoms with Gasteiger partial charge in [-0.15, -0.1) is 11.6 Å². The summed E-state index contributed by atoms with van der Waals surface area (Å²) in [5.74, 6) is -0.422. The van der Waals surface area contributed by atoms with Gasteiger partial charge in [-0.2, -0.15) is 0 Å². The second kappa shape index (κ2) is 7.10. The number of hydrogen-bond acceptors (Lipinski definition) is 0. The molecule has 1 atom stereocenters. The summed E-state index contributed by atoms with van der Waals surface area (Å²) in [7, 11) is 0. The van der Waals surface area contributed by atoms with Gasteiger partial charge in [-0.25, -0.2) is 4.39 Å². The first-order chi connectivity index (χ1) is 9.61. The molecule has 0 aromatic heterocycles. The molecule has 0 nitrogen and oxygen atoms in total. The summed E-state index contributed by atoms with van der Waals surface area (Å²) in [4.78, 5) is 0. The first-order valence-corrected chi connectivity index (χ1v) is 7.61. The molecule has 0 aliphatic rings. The topological polar surface area (TPSA) is 0 Å². The summed E-state index contributed by atoms with van der Waals surface area (Å²) in [6.07, 6.45) is 3.47. The Labute approximate surface area is 129 Å². The van der Waals surface area contributed by atoms with Crippen LogP contribution in [0.15, 0.2) is 42.5 Å². The van der Waals surface area contributed by atoms with Gasteiger partial charge in [0.05, 0.1) is 10.4 Å². The van der Waals surface area contributed by atoms with E-state index >= 15 is 0 Å². The van der Waals surface area contributed by atoms with E-state index in [0.717, 1.165) is 17.5 Å². The molecule has 0 bridgehead atoms. The van der Waals surface area contributed by atoms with Crippen molar-refractivity contribution in [1.29, 1.82) is 0 Å². The van der Waals surface area contributed by atoms with Crippen molar-refractivity contribution in [1.82, 2.24) is 0 Å². The molecule has 2 aromatic carbocycles. The molecule has 0 aliphatic carbocycles. The van der Waals surface area contributed by atoms with Crippen LogP contribution in [-0.2, 0) is 6.42 Å². The molecule has 0 saturated carbocycles. The minimum Gasteiger partial charge on any atom is -0.205 e. The second-order valence-electron chi connectivity index (χ2n) is 4.88. The summed E-state index contributed by atoms with van der Waals surface area (Å²) in [6, 6.07) is 12.9.